The van der Waals surface area contributed by atoms with Crippen LogP contribution in [0.5, 0.6) is 0 Å². The standard InChI is InChI=1S/C20H28N4O/c1-16-13-22(9-11-23(14-16)17-5-4-6-17)10-12-24-15-21-19-8-3-2-7-18(19)20(24)25/h2-3,7-8,15-17H,4-6,9-14H2,1H3. The number of rotatable bonds is 4. The van der Waals surface area contributed by atoms with Crippen LogP contribution >= 0.6 is 0 Å². The normalized spacial score (nSPS) is 23.5. The third-order valence-corrected chi connectivity index (χ3v) is 5.80. The molecule has 1 saturated carbocycles. The van der Waals surface area contributed by atoms with Crippen molar-refractivity contribution < 1.29 is 0 Å². The van der Waals surface area contributed by atoms with Gasteiger partial charge in [0.25, 0.3) is 5.56 Å². The van der Waals surface area contributed by atoms with E-state index in [1.807, 2.05) is 24.3 Å². The van der Waals surface area contributed by atoms with Crippen molar-refractivity contribution in [1.82, 2.24) is 19.4 Å². The molecule has 1 aromatic heterocycles. The first kappa shape index (κ1) is 16.7. The van der Waals surface area contributed by atoms with E-state index in [1.165, 1.54) is 32.4 Å². The highest BCUT2D eigenvalue weighted by molar-refractivity contribution is 5.76. The van der Waals surface area contributed by atoms with Gasteiger partial charge in [-0.3, -0.25) is 19.2 Å². The van der Waals surface area contributed by atoms with E-state index >= 15 is 0 Å². The molecule has 134 valence electrons. The van der Waals surface area contributed by atoms with E-state index in [1.54, 1.807) is 10.9 Å². The summed E-state index contributed by atoms with van der Waals surface area (Å²) in [5.74, 6) is 0.689. The number of benzene rings is 1. The fraction of sp³-hybridized carbons (Fsp3) is 0.600. The molecule has 2 heterocycles. The van der Waals surface area contributed by atoms with Crippen LogP contribution in [0.15, 0.2) is 35.4 Å². The van der Waals surface area contributed by atoms with Crippen molar-refractivity contribution >= 4 is 10.9 Å². The van der Waals surface area contributed by atoms with Crippen LogP contribution in [-0.2, 0) is 6.54 Å². The predicted molar refractivity (Wildman–Crippen MR) is 101 cm³/mol. The van der Waals surface area contributed by atoms with E-state index in [2.05, 4.69) is 21.7 Å². The number of hydrogen-bond donors (Lipinski definition) is 0. The molecule has 0 N–H and O–H groups in total. The first-order valence-electron chi connectivity index (χ1n) is 9.61. The number of para-hydroxylation sites is 1. The summed E-state index contributed by atoms with van der Waals surface area (Å²) in [6, 6.07) is 8.42. The molecule has 0 bridgehead atoms. The van der Waals surface area contributed by atoms with Gasteiger partial charge in [0.05, 0.1) is 17.2 Å². The van der Waals surface area contributed by atoms with Gasteiger partial charge in [-0.2, -0.15) is 0 Å². The molecule has 5 nitrogen and oxygen atoms in total. The molecular formula is C20H28N4O. The molecule has 1 atom stereocenters. The third-order valence-electron chi connectivity index (χ3n) is 5.80. The van der Waals surface area contributed by atoms with Crippen molar-refractivity contribution in [3.8, 4) is 0 Å². The van der Waals surface area contributed by atoms with Crippen LogP contribution < -0.4 is 5.56 Å². The Morgan fingerprint density at radius 3 is 2.76 bits per heavy atom. The zero-order valence-corrected chi connectivity index (χ0v) is 15.1. The average molecular weight is 340 g/mol. The molecular weight excluding hydrogens is 312 g/mol. The molecule has 0 radical (unpaired) electrons. The minimum Gasteiger partial charge on any atom is -0.300 e. The topological polar surface area (TPSA) is 41.4 Å². The molecule has 2 fully saturated rings. The van der Waals surface area contributed by atoms with Gasteiger partial charge in [0.2, 0.25) is 0 Å². The van der Waals surface area contributed by atoms with Crippen molar-refractivity contribution in [2.24, 2.45) is 5.92 Å². The molecule has 0 amide bonds. The first-order valence-corrected chi connectivity index (χ1v) is 9.61. The van der Waals surface area contributed by atoms with Crippen LogP contribution in [0, 0.1) is 5.92 Å². The van der Waals surface area contributed by atoms with Gasteiger partial charge in [-0.15, -0.1) is 0 Å². The molecule has 4 rings (SSSR count). The predicted octanol–water partition coefficient (Wildman–Crippen LogP) is 2.20. The van der Waals surface area contributed by atoms with Gasteiger partial charge in [0.1, 0.15) is 0 Å². The van der Waals surface area contributed by atoms with Crippen LogP contribution in [0.25, 0.3) is 10.9 Å². The monoisotopic (exact) mass is 340 g/mol. The van der Waals surface area contributed by atoms with Crippen LogP contribution in [0.3, 0.4) is 0 Å². The van der Waals surface area contributed by atoms with E-state index in [9.17, 15) is 4.79 Å². The average Bonchev–Trinajstić information content (AvgIpc) is 2.74. The van der Waals surface area contributed by atoms with Gasteiger partial charge in [0.15, 0.2) is 0 Å². The van der Waals surface area contributed by atoms with Crippen LogP contribution in [0.4, 0.5) is 0 Å². The highest BCUT2D eigenvalue weighted by Crippen LogP contribution is 2.26. The Labute approximate surface area is 149 Å². The van der Waals surface area contributed by atoms with Gasteiger partial charge in [-0.1, -0.05) is 25.5 Å². The van der Waals surface area contributed by atoms with Crippen molar-refractivity contribution in [1.29, 1.82) is 0 Å². The van der Waals surface area contributed by atoms with Gasteiger partial charge in [-0.25, -0.2) is 4.98 Å². The first-order chi connectivity index (χ1) is 12.2. The van der Waals surface area contributed by atoms with Crippen molar-refractivity contribution in [3.63, 3.8) is 0 Å². The van der Waals surface area contributed by atoms with E-state index in [4.69, 9.17) is 0 Å². The molecule has 2 aromatic rings. The van der Waals surface area contributed by atoms with Crippen molar-refractivity contribution in [3.05, 3.63) is 40.9 Å². The summed E-state index contributed by atoms with van der Waals surface area (Å²) in [4.78, 5) is 22.3. The number of hydrogen-bond acceptors (Lipinski definition) is 4. The van der Waals surface area contributed by atoms with Gasteiger partial charge < -0.3 is 0 Å². The number of fused-ring (bicyclic) bond motifs is 1. The molecule has 25 heavy (non-hydrogen) atoms. The third kappa shape index (κ3) is 3.62. The van der Waals surface area contributed by atoms with Gasteiger partial charge >= 0.3 is 0 Å². The summed E-state index contributed by atoms with van der Waals surface area (Å²) >= 11 is 0. The van der Waals surface area contributed by atoms with E-state index in [0.717, 1.165) is 31.2 Å². The van der Waals surface area contributed by atoms with E-state index in [-0.39, 0.29) is 5.56 Å². The minimum atomic E-state index is 0.0737. The summed E-state index contributed by atoms with van der Waals surface area (Å²) in [6.07, 6.45) is 5.86. The Balaban J connectivity index is 1.41. The Hall–Kier alpha value is -1.72. The highest BCUT2D eigenvalue weighted by atomic mass is 16.1. The Bertz CT molecular complexity index is 783. The quantitative estimate of drug-likeness (QED) is 0.856. The van der Waals surface area contributed by atoms with Crippen LogP contribution in [-0.4, -0.2) is 58.1 Å². The van der Waals surface area contributed by atoms with Crippen LogP contribution in [0.1, 0.15) is 26.2 Å². The molecule has 1 aliphatic carbocycles. The molecule has 5 heteroatoms. The molecule has 1 unspecified atom stereocenters. The second-order valence-corrected chi connectivity index (χ2v) is 7.75. The second kappa shape index (κ2) is 7.26. The summed E-state index contributed by atoms with van der Waals surface area (Å²) in [7, 11) is 0. The molecule has 2 aliphatic rings. The molecule has 1 saturated heterocycles. The lowest BCUT2D eigenvalue weighted by atomic mass is 9.91. The Morgan fingerprint density at radius 1 is 1.12 bits per heavy atom. The second-order valence-electron chi connectivity index (χ2n) is 7.75. The smallest absolute Gasteiger partial charge is 0.261 e. The zero-order valence-electron chi connectivity index (χ0n) is 15.1. The Morgan fingerprint density at radius 2 is 1.96 bits per heavy atom. The van der Waals surface area contributed by atoms with Gasteiger partial charge in [-0.05, 0) is 30.9 Å². The molecule has 1 aliphatic heterocycles. The fourth-order valence-electron chi connectivity index (χ4n) is 4.15. The zero-order chi connectivity index (χ0) is 17.2. The summed E-state index contributed by atoms with van der Waals surface area (Å²) in [5.41, 5.74) is 0.854. The SMILES string of the molecule is CC1CN(CCn2cnc3ccccc3c2=O)CCN(C2CCC2)C1. The molecule has 1 aromatic carbocycles. The fourth-order valence-corrected chi connectivity index (χ4v) is 4.15. The van der Waals surface area contributed by atoms with Gasteiger partial charge in [0, 0.05) is 45.3 Å². The largest absolute Gasteiger partial charge is 0.300 e. The van der Waals surface area contributed by atoms with E-state index < -0.39 is 0 Å². The lowest BCUT2D eigenvalue weighted by Crippen LogP contribution is -2.43. The number of aromatic nitrogens is 2. The lowest BCUT2D eigenvalue weighted by molar-refractivity contribution is 0.122. The van der Waals surface area contributed by atoms with Crippen LogP contribution in [0.2, 0.25) is 0 Å². The molecule has 0 spiro atoms. The van der Waals surface area contributed by atoms with Crippen molar-refractivity contribution in [2.45, 2.75) is 38.8 Å². The minimum absolute atomic E-state index is 0.0737. The maximum atomic E-state index is 12.6. The Kier molecular flexibility index (Phi) is 4.86. The number of nitrogens with zero attached hydrogens (tertiary/aromatic N) is 4. The van der Waals surface area contributed by atoms with Crippen molar-refractivity contribution in [2.75, 3.05) is 32.7 Å². The summed E-state index contributed by atoms with van der Waals surface area (Å²) in [5, 5.41) is 0.713. The van der Waals surface area contributed by atoms with E-state index in [0.29, 0.717) is 17.8 Å². The maximum absolute atomic E-state index is 12.6. The summed E-state index contributed by atoms with van der Waals surface area (Å²) < 4.78 is 1.77. The summed E-state index contributed by atoms with van der Waals surface area (Å²) in [6.45, 7) is 8.61. The maximum Gasteiger partial charge on any atom is 0.261 e. The lowest BCUT2D eigenvalue weighted by Gasteiger charge is -2.37. The highest BCUT2D eigenvalue weighted by Gasteiger charge is 2.28.